The first-order valence-corrected chi connectivity index (χ1v) is 5.81. The Labute approximate surface area is 118 Å². The Kier molecular flexibility index (Phi) is 4.13. The fourth-order valence-corrected chi connectivity index (χ4v) is 1.62. The van der Waals surface area contributed by atoms with E-state index in [1.165, 1.54) is 18.2 Å². The number of aryl methyl sites for hydroxylation is 1. The highest BCUT2D eigenvalue weighted by atomic mass is 19.4. The number of nitrogens with two attached hydrogens (primary N) is 1. The predicted octanol–water partition coefficient (Wildman–Crippen LogP) is 2.71. The van der Waals surface area contributed by atoms with Crippen LogP contribution in [-0.2, 0) is 0 Å². The Balaban J connectivity index is 2.20. The lowest BCUT2D eigenvalue weighted by Crippen LogP contribution is -2.17. The van der Waals surface area contributed by atoms with Gasteiger partial charge < -0.3 is 10.1 Å². The van der Waals surface area contributed by atoms with E-state index in [-0.39, 0.29) is 11.7 Å². The van der Waals surface area contributed by atoms with E-state index in [1.807, 2.05) is 0 Å². The van der Waals surface area contributed by atoms with Crippen molar-refractivity contribution < 1.29 is 17.9 Å². The summed E-state index contributed by atoms with van der Waals surface area (Å²) in [5, 5.41) is 2.85. The van der Waals surface area contributed by atoms with Crippen molar-refractivity contribution >= 4 is 17.5 Å². The molecule has 0 radical (unpaired) electrons. The van der Waals surface area contributed by atoms with Gasteiger partial charge in [0.1, 0.15) is 11.6 Å². The molecular formula is C12H12F3N5O. The van der Waals surface area contributed by atoms with Crippen LogP contribution in [0, 0.1) is 6.92 Å². The number of ether oxygens (including phenoxy) is 1. The maximum absolute atomic E-state index is 12.2. The summed E-state index contributed by atoms with van der Waals surface area (Å²) >= 11 is 0. The lowest BCUT2D eigenvalue weighted by molar-refractivity contribution is -0.274. The van der Waals surface area contributed by atoms with Gasteiger partial charge in [-0.2, -0.15) is 4.98 Å². The Morgan fingerprint density at radius 1 is 1.19 bits per heavy atom. The molecule has 9 heteroatoms. The molecule has 0 unspecified atom stereocenters. The summed E-state index contributed by atoms with van der Waals surface area (Å²) in [6.07, 6.45) is -4.74. The molecule has 2 rings (SSSR count). The highest BCUT2D eigenvalue weighted by Gasteiger charge is 2.31. The fraction of sp³-hybridized carbons (Fsp3) is 0.167. The highest BCUT2D eigenvalue weighted by Crippen LogP contribution is 2.26. The van der Waals surface area contributed by atoms with Crippen molar-refractivity contribution in [1.82, 2.24) is 9.97 Å². The quantitative estimate of drug-likeness (QED) is 0.594. The number of hydrogen-bond acceptors (Lipinski definition) is 6. The van der Waals surface area contributed by atoms with E-state index in [2.05, 4.69) is 25.4 Å². The average Bonchev–Trinajstić information content (AvgIpc) is 2.36. The van der Waals surface area contributed by atoms with Crippen LogP contribution in [0.2, 0.25) is 0 Å². The van der Waals surface area contributed by atoms with Gasteiger partial charge in [0.05, 0.1) is 0 Å². The van der Waals surface area contributed by atoms with Crippen LogP contribution >= 0.6 is 0 Å². The predicted molar refractivity (Wildman–Crippen MR) is 71.0 cm³/mol. The molecule has 0 aliphatic carbocycles. The minimum Gasteiger partial charge on any atom is -0.406 e. The Hall–Kier alpha value is -2.55. The zero-order valence-corrected chi connectivity index (χ0v) is 10.9. The molecule has 0 fully saturated rings. The summed E-state index contributed by atoms with van der Waals surface area (Å²) < 4.78 is 40.3. The second-order valence-electron chi connectivity index (χ2n) is 4.06. The number of anilines is 3. The number of halogens is 3. The number of nitrogen functional groups attached to an aromatic ring is 1. The number of nitrogens with zero attached hydrogens (tertiary/aromatic N) is 2. The number of aromatic nitrogens is 2. The van der Waals surface area contributed by atoms with Gasteiger partial charge in [0.25, 0.3) is 0 Å². The number of hydrazine groups is 1. The molecule has 0 atom stereocenters. The molecule has 1 aromatic carbocycles. The molecule has 21 heavy (non-hydrogen) atoms. The van der Waals surface area contributed by atoms with Crippen LogP contribution < -0.4 is 21.3 Å². The third-order valence-electron chi connectivity index (χ3n) is 2.32. The molecule has 0 aliphatic heterocycles. The third-order valence-corrected chi connectivity index (χ3v) is 2.32. The van der Waals surface area contributed by atoms with Crippen molar-refractivity contribution in [2.45, 2.75) is 13.3 Å². The van der Waals surface area contributed by atoms with Gasteiger partial charge in [-0.1, -0.05) is 6.07 Å². The Morgan fingerprint density at radius 2 is 1.95 bits per heavy atom. The molecule has 112 valence electrons. The highest BCUT2D eigenvalue weighted by molar-refractivity contribution is 5.59. The molecule has 0 spiro atoms. The second-order valence-corrected chi connectivity index (χ2v) is 4.06. The van der Waals surface area contributed by atoms with Crippen molar-refractivity contribution in [3.05, 3.63) is 36.0 Å². The van der Waals surface area contributed by atoms with Crippen LogP contribution in [0.4, 0.5) is 30.6 Å². The van der Waals surface area contributed by atoms with Crippen molar-refractivity contribution in [3.8, 4) is 5.75 Å². The van der Waals surface area contributed by atoms with Crippen molar-refractivity contribution in [2.75, 3.05) is 10.7 Å². The minimum absolute atomic E-state index is 0.195. The lowest BCUT2D eigenvalue weighted by atomic mass is 10.3. The largest absolute Gasteiger partial charge is 0.573 e. The molecule has 4 N–H and O–H groups in total. The molecule has 1 aromatic heterocycles. The van der Waals surface area contributed by atoms with E-state index in [9.17, 15) is 13.2 Å². The normalized spacial score (nSPS) is 11.1. The maximum Gasteiger partial charge on any atom is 0.573 e. The summed E-state index contributed by atoms with van der Waals surface area (Å²) in [6, 6.07) is 7.05. The monoisotopic (exact) mass is 299 g/mol. The molecule has 0 saturated carbocycles. The maximum atomic E-state index is 12.2. The SMILES string of the molecule is Cc1cc(Nc2cccc(OC(F)(F)F)c2)nc(NN)n1. The first-order valence-electron chi connectivity index (χ1n) is 5.81. The Bertz CT molecular complexity index is 633. The number of nitrogens with one attached hydrogen (secondary N) is 2. The summed E-state index contributed by atoms with van der Waals surface area (Å²) in [7, 11) is 0. The molecule has 0 bridgehead atoms. The first-order chi connectivity index (χ1) is 9.85. The van der Waals surface area contributed by atoms with Gasteiger partial charge in [0.15, 0.2) is 0 Å². The van der Waals surface area contributed by atoms with Crippen LogP contribution in [0.3, 0.4) is 0 Å². The average molecular weight is 299 g/mol. The zero-order valence-electron chi connectivity index (χ0n) is 10.9. The van der Waals surface area contributed by atoms with Gasteiger partial charge in [0, 0.05) is 23.5 Å². The number of hydrogen-bond donors (Lipinski definition) is 3. The van der Waals surface area contributed by atoms with Crippen LogP contribution in [0.25, 0.3) is 0 Å². The zero-order chi connectivity index (χ0) is 15.5. The topological polar surface area (TPSA) is 85.1 Å². The second kappa shape index (κ2) is 5.83. The van der Waals surface area contributed by atoms with Gasteiger partial charge in [-0.15, -0.1) is 13.2 Å². The summed E-state index contributed by atoms with van der Waals surface area (Å²) in [5.74, 6) is 5.49. The van der Waals surface area contributed by atoms with Gasteiger partial charge in [-0.25, -0.2) is 10.8 Å². The van der Waals surface area contributed by atoms with Crippen LogP contribution in [0.1, 0.15) is 5.69 Å². The van der Waals surface area contributed by atoms with Crippen molar-refractivity contribution in [1.29, 1.82) is 0 Å². The number of benzene rings is 1. The minimum atomic E-state index is -4.74. The lowest BCUT2D eigenvalue weighted by Gasteiger charge is -2.11. The summed E-state index contributed by atoms with van der Waals surface area (Å²) in [6.45, 7) is 1.73. The van der Waals surface area contributed by atoms with E-state index in [0.717, 1.165) is 0 Å². The van der Waals surface area contributed by atoms with E-state index in [4.69, 9.17) is 5.84 Å². The summed E-state index contributed by atoms with van der Waals surface area (Å²) in [4.78, 5) is 8.03. The standard InChI is InChI=1S/C12H12F3N5O/c1-7-5-10(19-11(17-7)20-16)18-8-3-2-4-9(6-8)21-12(13,14)15/h2-6H,16H2,1H3,(H2,17,18,19,20). The smallest absolute Gasteiger partial charge is 0.406 e. The molecule has 0 saturated heterocycles. The van der Waals surface area contributed by atoms with Crippen molar-refractivity contribution in [3.63, 3.8) is 0 Å². The number of rotatable bonds is 4. The first kappa shape index (κ1) is 14.9. The molecule has 2 aromatic rings. The molecule has 0 amide bonds. The molecule has 1 heterocycles. The fourth-order valence-electron chi connectivity index (χ4n) is 1.62. The summed E-state index contributed by atoms with van der Waals surface area (Å²) in [5.41, 5.74) is 3.33. The van der Waals surface area contributed by atoms with Crippen LogP contribution in [0.15, 0.2) is 30.3 Å². The van der Waals surface area contributed by atoms with Crippen molar-refractivity contribution in [2.24, 2.45) is 5.84 Å². The Morgan fingerprint density at radius 3 is 2.62 bits per heavy atom. The molecule has 6 nitrogen and oxygen atoms in total. The van der Waals surface area contributed by atoms with Gasteiger partial charge in [-0.3, -0.25) is 5.43 Å². The van der Waals surface area contributed by atoms with Crippen LogP contribution in [0.5, 0.6) is 5.75 Å². The number of alkyl halides is 3. The van der Waals surface area contributed by atoms with E-state index in [0.29, 0.717) is 17.2 Å². The van der Waals surface area contributed by atoms with Gasteiger partial charge in [0.2, 0.25) is 5.95 Å². The van der Waals surface area contributed by atoms with E-state index in [1.54, 1.807) is 19.1 Å². The molecular weight excluding hydrogens is 287 g/mol. The van der Waals surface area contributed by atoms with Gasteiger partial charge in [-0.05, 0) is 19.1 Å². The van der Waals surface area contributed by atoms with E-state index >= 15 is 0 Å². The van der Waals surface area contributed by atoms with E-state index < -0.39 is 6.36 Å². The van der Waals surface area contributed by atoms with Gasteiger partial charge >= 0.3 is 6.36 Å². The third kappa shape index (κ3) is 4.49. The van der Waals surface area contributed by atoms with Crippen LogP contribution in [-0.4, -0.2) is 16.3 Å². The molecule has 0 aliphatic rings.